The van der Waals surface area contributed by atoms with Crippen molar-refractivity contribution in [2.75, 3.05) is 31.6 Å². The van der Waals surface area contributed by atoms with Gasteiger partial charge < -0.3 is 10.1 Å². The standard InChI is InChI=1S/C19H21ClN2O4S/c1-13-4-6-16(27(24,25)22-7-9-26-10-8-22)12-17(13)19(23)21-18-11-15(20)5-3-14(18)2/h3-6,11-12H,7-10H2,1-2H3,(H,21,23). The van der Waals surface area contributed by atoms with E-state index in [0.717, 1.165) is 5.56 Å². The number of amides is 1. The fourth-order valence-corrected chi connectivity index (χ4v) is 4.47. The molecule has 1 heterocycles. The van der Waals surface area contributed by atoms with Crippen LogP contribution < -0.4 is 5.32 Å². The molecule has 0 spiro atoms. The van der Waals surface area contributed by atoms with Gasteiger partial charge in [-0.05, 0) is 49.2 Å². The first-order valence-corrected chi connectivity index (χ1v) is 10.4. The SMILES string of the molecule is Cc1ccc(Cl)cc1NC(=O)c1cc(S(=O)(=O)N2CCOCC2)ccc1C. The molecule has 1 amide bonds. The minimum Gasteiger partial charge on any atom is -0.379 e. The Hall–Kier alpha value is -1.93. The number of nitrogens with zero attached hydrogens (tertiary/aromatic N) is 1. The summed E-state index contributed by atoms with van der Waals surface area (Å²) in [6.07, 6.45) is 0. The fraction of sp³-hybridized carbons (Fsp3) is 0.316. The Kier molecular flexibility index (Phi) is 5.86. The number of anilines is 1. The molecule has 2 aromatic rings. The molecule has 1 aliphatic rings. The van der Waals surface area contributed by atoms with Crippen molar-refractivity contribution < 1.29 is 17.9 Å². The van der Waals surface area contributed by atoms with Crippen LogP contribution in [-0.4, -0.2) is 44.9 Å². The molecular weight excluding hydrogens is 388 g/mol. The van der Waals surface area contributed by atoms with Gasteiger partial charge in [0, 0.05) is 29.4 Å². The third-order valence-electron chi connectivity index (χ3n) is 4.51. The normalized spacial score (nSPS) is 15.5. The summed E-state index contributed by atoms with van der Waals surface area (Å²) in [5.74, 6) is -0.378. The van der Waals surface area contributed by atoms with Crippen molar-refractivity contribution in [2.24, 2.45) is 0 Å². The topological polar surface area (TPSA) is 75.7 Å². The zero-order valence-corrected chi connectivity index (χ0v) is 16.7. The van der Waals surface area contributed by atoms with Crippen molar-refractivity contribution in [3.63, 3.8) is 0 Å². The van der Waals surface area contributed by atoms with E-state index in [1.165, 1.54) is 16.4 Å². The monoisotopic (exact) mass is 408 g/mol. The molecule has 1 N–H and O–H groups in total. The number of aryl methyl sites for hydroxylation is 2. The van der Waals surface area contributed by atoms with Crippen LogP contribution in [0.25, 0.3) is 0 Å². The molecule has 27 heavy (non-hydrogen) atoms. The average molecular weight is 409 g/mol. The second-order valence-electron chi connectivity index (χ2n) is 6.41. The molecule has 0 saturated carbocycles. The van der Waals surface area contributed by atoms with E-state index in [1.807, 2.05) is 13.0 Å². The van der Waals surface area contributed by atoms with Crippen molar-refractivity contribution in [2.45, 2.75) is 18.7 Å². The van der Waals surface area contributed by atoms with Gasteiger partial charge in [0.05, 0.1) is 18.1 Å². The van der Waals surface area contributed by atoms with E-state index in [0.29, 0.717) is 48.1 Å². The van der Waals surface area contributed by atoms with Crippen molar-refractivity contribution in [3.8, 4) is 0 Å². The van der Waals surface area contributed by atoms with Crippen molar-refractivity contribution in [1.82, 2.24) is 4.31 Å². The number of morpholine rings is 1. The molecule has 1 saturated heterocycles. The predicted molar refractivity (Wildman–Crippen MR) is 105 cm³/mol. The maximum absolute atomic E-state index is 12.9. The van der Waals surface area contributed by atoms with Gasteiger partial charge in [0.1, 0.15) is 0 Å². The Labute approximate surface area is 164 Å². The second-order valence-corrected chi connectivity index (χ2v) is 8.78. The van der Waals surface area contributed by atoms with Crippen LogP contribution >= 0.6 is 11.6 Å². The number of ether oxygens (including phenoxy) is 1. The first-order valence-electron chi connectivity index (χ1n) is 8.55. The van der Waals surface area contributed by atoms with Gasteiger partial charge in [0.15, 0.2) is 0 Å². The van der Waals surface area contributed by atoms with E-state index in [2.05, 4.69) is 5.32 Å². The zero-order valence-electron chi connectivity index (χ0n) is 15.2. The van der Waals surface area contributed by atoms with Gasteiger partial charge in [-0.2, -0.15) is 4.31 Å². The summed E-state index contributed by atoms with van der Waals surface area (Å²) in [5, 5.41) is 3.32. The number of hydrogen-bond donors (Lipinski definition) is 1. The highest BCUT2D eigenvalue weighted by Crippen LogP contribution is 2.24. The van der Waals surface area contributed by atoms with Gasteiger partial charge in [-0.1, -0.05) is 23.7 Å². The molecule has 8 heteroatoms. The van der Waals surface area contributed by atoms with E-state index in [-0.39, 0.29) is 10.8 Å². The molecule has 0 radical (unpaired) electrons. The lowest BCUT2D eigenvalue weighted by Gasteiger charge is -2.26. The number of hydrogen-bond acceptors (Lipinski definition) is 4. The lowest BCUT2D eigenvalue weighted by molar-refractivity contribution is 0.0730. The molecule has 0 aliphatic carbocycles. The van der Waals surface area contributed by atoms with E-state index < -0.39 is 10.0 Å². The number of halogens is 1. The molecule has 2 aromatic carbocycles. The highest BCUT2D eigenvalue weighted by Gasteiger charge is 2.27. The highest BCUT2D eigenvalue weighted by molar-refractivity contribution is 7.89. The Morgan fingerprint density at radius 1 is 1.07 bits per heavy atom. The molecular formula is C19H21ClN2O4S. The lowest BCUT2D eigenvalue weighted by atomic mass is 10.1. The van der Waals surface area contributed by atoms with E-state index in [1.54, 1.807) is 25.1 Å². The van der Waals surface area contributed by atoms with Crippen LogP contribution in [0.4, 0.5) is 5.69 Å². The van der Waals surface area contributed by atoms with Crippen LogP contribution in [0.5, 0.6) is 0 Å². The summed E-state index contributed by atoms with van der Waals surface area (Å²) in [4.78, 5) is 12.9. The van der Waals surface area contributed by atoms with E-state index in [9.17, 15) is 13.2 Å². The van der Waals surface area contributed by atoms with Crippen LogP contribution in [0.2, 0.25) is 5.02 Å². The second kappa shape index (κ2) is 7.98. The Morgan fingerprint density at radius 3 is 2.44 bits per heavy atom. The Balaban J connectivity index is 1.91. The maximum atomic E-state index is 12.9. The summed E-state index contributed by atoms with van der Waals surface area (Å²) < 4.78 is 32.3. The summed E-state index contributed by atoms with van der Waals surface area (Å²) in [6.45, 7) is 4.97. The fourth-order valence-electron chi connectivity index (χ4n) is 2.86. The van der Waals surface area contributed by atoms with Crippen LogP contribution in [0, 0.1) is 13.8 Å². The van der Waals surface area contributed by atoms with Gasteiger partial charge in [-0.15, -0.1) is 0 Å². The Morgan fingerprint density at radius 2 is 1.74 bits per heavy atom. The molecule has 6 nitrogen and oxygen atoms in total. The number of rotatable bonds is 4. The maximum Gasteiger partial charge on any atom is 0.255 e. The number of sulfonamides is 1. The molecule has 1 aliphatic heterocycles. The van der Waals surface area contributed by atoms with Crippen molar-refractivity contribution >= 4 is 33.2 Å². The van der Waals surface area contributed by atoms with Crippen molar-refractivity contribution in [3.05, 3.63) is 58.1 Å². The first kappa shape index (κ1) is 19.8. The van der Waals surface area contributed by atoms with Gasteiger partial charge in [0.25, 0.3) is 5.91 Å². The van der Waals surface area contributed by atoms with Crippen LogP contribution in [-0.2, 0) is 14.8 Å². The van der Waals surface area contributed by atoms with Crippen molar-refractivity contribution in [1.29, 1.82) is 0 Å². The minimum absolute atomic E-state index is 0.1000. The summed E-state index contributed by atoms with van der Waals surface area (Å²) >= 11 is 6.00. The largest absolute Gasteiger partial charge is 0.379 e. The molecule has 0 atom stereocenters. The quantitative estimate of drug-likeness (QED) is 0.842. The summed E-state index contributed by atoms with van der Waals surface area (Å²) in [7, 11) is -3.67. The van der Waals surface area contributed by atoms with Gasteiger partial charge >= 0.3 is 0 Å². The average Bonchev–Trinajstić information content (AvgIpc) is 2.65. The first-order chi connectivity index (χ1) is 12.8. The van der Waals surface area contributed by atoms with E-state index in [4.69, 9.17) is 16.3 Å². The predicted octanol–water partition coefficient (Wildman–Crippen LogP) is 3.23. The summed E-state index contributed by atoms with van der Waals surface area (Å²) in [5.41, 5.74) is 2.45. The molecule has 3 rings (SSSR count). The number of carbonyl (C=O) groups excluding carboxylic acids is 1. The lowest BCUT2D eigenvalue weighted by Crippen LogP contribution is -2.40. The number of benzene rings is 2. The summed E-state index contributed by atoms with van der Waals surface area (Å²) in [6, 6.07) is 9.82. The Bertz CT molecular complexity index is 970. The minimum atomic E-state index is -3.67. The molecule has 0 unspecified atom stereocenters. The van der Waals surface area contributed by atoms with Crippen LogP contribution in [0.1, 0.15) is 21.5 Å². The molecule has 0 aromatic heterocycles. The smallest absolute Gasteiger partial charge is 0.255 e. The van der Waals surface area contributed by atoms with Gasteiger partial charge in [-0.3, -0.25) is 4.79 Å². The molecule has 144 valence electrons. The highest BCUT2D eigenvalue weighted by atomic mass is 35.5. The zero-order chi connectivity index (χ0) is 19.6. The van der Waals surface area contributed by atoms with Crippen LogP contribution in [0.15, 0.2) is 41.3 Å². The molecule has 0 bridgehead atoms. The van der Waals surface area contributed by atoms with Gasteiger partial charge in [-0.25, -0.2) is 8.42 Å². The third-order valence-corrected chi connectivity index (χ3v) is 6.64. The number of nitrogens with one attached hydrogen (secondary N) is 1. The third kappa shape index (κ3) is 4.32. The van der Waals surface area contributed by atoms with Gasteiger partial charge in [0.2, 0.25) is 10.0 Å². The molecule has 1 fully saturated rings. The van der Waals surface area contributed by atoms with E-state index >= 15 is 0 Å². The number of carbonyl (C=O) groups is 1. The van der Waals surface area contributed by atoms with Crippen LogP contribution in [0.3, 0.4) is 0 Å².